The smallest absolute Gasteiger partial charge is 0.273 e. The zero-order valence-electron chi connectivity index (χ0n) is 14.7. The number of nitrogens with one attached hydrogen (secondary N) is 3. The van der Waals surface area contributed by atoms with Gasteiger partial charge in [-0.25, -0.2) is 0 Å². The lowest BCUT2D eigenvalue weighted by molar-refractivity contribution is 0.102. The molecule has 0 aliphatic carbocycles. The number of anilines is 1. The topological polar surface area (TPSA) is 79.0 Å². The second kappa shape index (κ2) is 9.87. The number of aromatic nitrogens is 2. The summed E-state index contributed by atoms with van der Waals surface area (Å²) < 4.78 is 5.01. The molecular formula is C20H21ClN4O2. The van der Waals surface area contributed by atoms with Gasteiger partial charge < -0.3 is 15.4 Å². The normalized spacial score (nSPS) is 13.4. The number of rotatable bonds is 3. The first-order valence-corrected chi connectivity index (χ1v) is 9.06. The van der Waals surface area contributed by atoms with Crippen LogP contribution in [0.2, 0.25) is 5.02 Å². The Balaban J connectivity index is 0.000000299. The van der Waals surface area contributed by atoms with Gasteiger partial charge in [-0.1, -0.05) is 41.9 Å². The van der Waals surface area contributed by atoms with E-state index in [-0.39, 0.29) is 5.91 Å². The van der Waals surface area contributed by atoms with Gasteiger partial charge >= 0.3 is 0 Å². The van der Waals surface area contributed by atoms with Gasteiger partial charge in [0.1, 0.15) is 5.69 Å². The highest BCUT2D eigenvalue weighted by Crippen LogP contribution is 2.20. The number of carbonyl (C=O) groups is 1. The fraction of sp³-hybridized carbons (Fsp3) is 0.200. The van der Waals surface area contributed by atoms with Crippen LogP contribution in [-0.4, -0.2) is 42.4 Å². The lowest BCUT2D eigenvalue weighted by atomic mass is 10.1. The SMILES string of the molecule is C1COCCN1.O=C(Nc1ccccc1)c1cc(-c2ccc(Cl)cc2)n[nH]1. The van der Waals surface area contributed by atoms with E-state index in [0.29, 0.717) is 16.4 Å². The highest BCUT2D eigenvalue weighted by atomic mass is 35.5. The van der Waals surface area contributed by atoms with Crippen molar-refractivity contribution in [2.45, 2.75) is 0 Å². The maximum Gasteiger partial charge on any atom is 0.273 e. The molecule has 0 unspecified atom stereocenters. The number of benzene rings is 2. The van der Waals surface area contributed by atoms with E-state index in [0.717, 1.165) is 37.6 Å². The molecule has 1 aromatic heterocycles. The first-order valence-electron chi connectivity index (χ1n) is 8.68. The van der Waals surface area contributed by atoms with Gasteiger partial charge in [-0.2, -0.15) is 5.10 Å². The number of para-hydroxylation sites is 1. The van der Waals surface area contributed by atoms with Crippen LogP contribution in [0.15, 0.2) is 60.7 Å². The Morgan fingerprint density at radius 3 is 2.33 bits per heavy atom. The van der Waals surface area contributed by atoms with Gasteiger partial charge in [-0.05, 0) is 30.3 Å². The maximum atomic E-state index is 12.1. The lowest BCUT2D eigenvalue weighted by Crippen LogP contribution is -2.30. The van der Waals surface area contributed by atoms with Gasteiger partial charge in [0.25, 0.3) is 5.91 Å². The van der Waals surface area contributed by atoms with Gasteiger partial charge in [0.15, 0.2) is 0 Å². The second-order valence-electron chi connectivity index (χ2n) is 5.86. The predicted molar refractivity (Wildman–Crippen MR) is 107 cm³/mol. The van der Waals surface area contributed by atoms with E-state index in [2.05, 4.69) is 20.8 Å². The van der Waals surface area contributed by atoms with Crippen LogP contribution in [0.4, 0.5) is 5.69 Å². The molecule has 0 atom stereocenters. The van der Waals surface area contributed by atoms with Crippen LogP contribution in [0.25, 0.3) is 11.3 Å². The first-order chi connectivity index (χ1) is 13.2. The van der Waals surface area contributed by atoms with Crippen LogP contribution < -0.4 is 10.6 Å². The zero-order chi connectivity index (χ0) is 18.9. The van der Waals surface area contributed by atoms with E-state index in [1.165, 1.54) is 0 Å². The van der Waals surface area contributed by atoms with Gasteiger partial charge in [0, 0.05) is 29.4 Å². The molecule has 1 aliphatic rings. The van der Waals surface area contributed by atoms with Crippen molar-refractivity contribution in [3.05, 3.63) is 71.4 Å². The number of hydrogen-bond donors (Lipinski definition) is 3. The summed E-state index contributed by atoms with van der Waals surface area (Å²) in [5.41, 5.74) is 2.74. The molecule has 3 N–H and O–H groups in total. The minimum absolute atomic E-state index is 0.228. The number of ether oxygens (including phenoxy) is 1. The highest BCUT2D eigenvalue weighted by molar-refractivity contribution is 6.30. The molecule has 140 valence electrons. The van der Waals surface area contributed by atoms with Crippen molar-refractivity contribution in [1.29, 1.82) is 0 Å². The zero-order valence-corrected chi connectivity index (χ0v) is 15.5. The molecule has 1 aliphatic heterocycles. The van der Waals surface area contributed by atoms with Gasteiger partial charge in [-0.3, -0.25) is 9.89 Å². The number of morpholine rings is 1. The second-order valence-corrected chi connectivity index (χ2v) is 6.29. The summed E-state index contributed by atoms with van der Waals surface area (Å²) in [5.74, 6) is -0.228. The minimum Gasteiger partial charge on any atom is -0.379 e. The Hall–Kier alpha value is -2.67. The molecule has 0 bridgehead atoms. The molecule has 1 fully saturated rings. The molecule has 0 radical (unpaired) electrons. The van der Waals surface area contributed by atoms with Crippen LogP contribution in [0.1, 0.15) is 10.5 Å². The third kappa shape index (κ3) is 5.92. The molecular weight excluding hydrogens is 364 g/mol. The fourth-order valence-electron chi connectivity index (χ4n) is 2.44. The molecule has 4 rings (SSSR count). The maximum absolute atomic E-state index is 12.1. The molecule has 7 heteroatoms. The van der Waals surface area contributed by atoms with Crippen LogP contribution in [0.3, 0.4) is 0 Å². The molecule has 3 aromatic rings. The van der Waals surface area contributed by atoms with Crippen molar-refractivity contribution in [3.63, 3.8) is 0 Å². The average molecular weight is 385 g/mol. The molecule has 0 saturated carbocycles. The van der Waals surface area contributed by atoms with Gasteiger partial charge in [-0.15, -0.1) is 0 Å². The average Bonchev–Trinajstić information content (AvgIpc) is 3.22. The number of carbonyl (C=O) groups excluding carboxylic acids is 1. The van der Waals surface area contributed by atoms with Gasteiger partial charge in [0.2, 0.25) is 0 Å². The molecule has 1 amide bonds. The lowest BCUT2D eigenvalue weighted by Gasteiger charge is -2.10. The summed E-state index contributed by atoms with van der Waals surface area (Å²) in [7, 11) is 0. The van der Waals surface area contributed by atoms with E-state index >= 15 is 0 Å². The summed E-state index contributed by atoms with van der Waals surface area (Å²) in [4.78, 5) is 12.1. The predicted octanol–water partition coefficient (Wildman–Crippen LogP) is 3.59. The Kier molecular flexibility index (Phi) is 6.98. The Morgan fingerprint density at radius 1 is 1.04 bits per heavy atom. The van der Waals surface area contributed by atoms with Crippen LogP contribution >= 0.6 is 11.6 Å². The molecule has 2 aromatic carbocycles. The van der Waals surface area contributed by atoms with E-state index in [1.807, 2.05) is 42.5 Å². The van der Waals surface area contributed by atoms with Crippen molar-refractivity contribution in [2.75, 3.05) is 31.6 Å². The Bertz CT molecular complexity index is 834. The third-order valence-corrected chi connectivity index (χ3v) is 4.09. The Morgan fingerprint density at radius 2 is 1.74 bits per heavy atom. The molecule has 0 spiro atoms. The Labute approximate surface area is 162 Å². The number of H-pyrrole nitrogens is 1. The summed E-state index contributed by atoms with van der Waals surface area (Å²) in [6, 6.07) is 18.3. The molecule has 27 heavy (non-hydrogen) atoms. The van der Waals surface area contributed by atoms with Crippen LogP contribution in [0.5, 0.6) is 0 Å². The number of halogens is 1. The van der Waals surface area contributed by atoms with E-state index in [9.17, 15) is 4.79 Å². The monoisotopic (exact) mass is 384 g/mol. The van der Waals surface area contributed by atoms with Gasteiger partial charge in [0.05, 0.1) is 18.9 Å². The van der Waals surface area contributed by atoms with Crippen molar-refractivity contribution >= 4 is 23.2 Å². The minimum atomic E-state index is -0.228. The van der Waals surface area contributed by atoms with E-state index < -0.39 is 0 Å². The largest absolute Gasteiger partial charge is 0.379 e. The quantitative estimate of drug-likeness (QED) is 0.644. The number of amides is 1. The number of aromatic amines is 1. The van der Waals surface area contributed by atoms with Crippen LogP contribution in [0, 0.1) is 0 Å². The van der Waals surface area contributed by atoms with Crippen molar-refractivity contribution < 1.29 is 9.53 Å². The molecule has 1 saturated heterocycles. The molecule has 2 heterocycles. The van der Waals surface area contributed by atoms with E-state index in [1.54, 1.807) is 18.2 Å². The highest BCUT2D eigenvalue weighted by Gasteiger charge is 2.11. The summed E-state index contributed by atoms with van der Waals surface area (Å²) in [5, 5.41) is 13.5. The van der Waals surface area contributed by atoms with Crippen molar-refractivity contribution in [1.82, 2.24) is 15.5 Å². The first kappa shape index (κ1) is 19.1. The molecule has 6 nitrogen and oxygen atoms in total. The fourth-order valence-corrected chi connectivity index (χ4v) is 2.57. The van der Waals surface area contributed by atoms with Crippen molar-refractivity contribution in [3.8, 4) is 11.3 Å². The third-order valence-electron chi connectivity index (χ3n) is 3.84. The van der Waals surface area contributed by atoms with E-state index in [4.69, 9.17) is 16.3 Å². The number of nitrogens with zero attached hydrogens (tertiary/aromatic N) is 1. The summed E-state index contributed by atoms with van der Waals surface area (Å²) in [6.07, 6.45) is 0. The summed E-state index contributed by atoms with van der Waals surface area (Å²) >= 11 is 5.85. The number of hydrogen-bond acceptors (Lipinski definition) is 4. The van der Waals surface area contributed by atoms with Crippen molar-refractivity contribution in [2.24, 2.45) is 0 Å². The standard InChI is InChI=1S/C16H12ClN3O.C4H9NO/c17-12-8-6-11(7-9-12)14-10-15(20-19-14)16(21)18-13-4-2-1-3-5-13;1-3-6-4-2-5-1/h1-10H,(H,18,21)(H,19,20);5H,1-4H2. The van der Waals surface area contributed by atoms with Crippen LogP contribution in [-0.2, 0) is 4.74 Å². The summed E-state index contributed by atoms with van der Waals surface area (Å²) in [6.45, 7) is 3.83.